The van der Waals surface area contributed by atoms with Crippen molar-refractivity contribution in [2.75, 3.05) is 38.5 Å². The fraction of sp³-hybridized carbons (Fsp3) is 0.650. The van der Waals surface area contributed by atoms with Gasteiger partial charge in [0.1, 0.15) is 6.10 Å². The molecular weight excluding hydrogens is 403 g/mol. The summed E-state index contributed by atoms with van der Waals surface area (Å²) in [5.41, 5.74) is -0.185. The summed E-state index contributed by atoms with van der Waals surface area (Å²) in [6.07, 6.45) is -4.86. The van der Waals surface area contributed by atoms with E-state index >= 15 is 0 Å². The molecule has 1 aliphatic heterocycles. The van der Waals surface area contributed by atoms with Gasteiger partial charge in [-0.15, -0.1) is 0 Å². The van der Waals surface area contributed by atoms with Crippen LogP contribution in [0.3, 0.4) is 0 Å². The number of morpholine rings is 1. The molecule has 1 aromatic carbocycles. The first-order valence-electron chi connectivity index (χ1n) is 9.73. The van der Waals surface area contributed by atoms with Gasteiger partial charge in [-0.05, 0) is 45.4 Å². The lowest BCUT2D eigenvalue weighted by molar-refractivity contribution is -0.137. The van der Waals surface area contributed by atoms with Crippen LogP contribution < -0.4 is 5.32 Å². The Bertz CT molecular complexity index is 732. The molecule has 0 bridgehead atoms. The summed E-state index contributed by atoms with van der Waals surface area (Å²) in [7, 11) is -0.995. The standard InChI is InChI=1S/C20H30F3N3O2S/c1-5-24-18(25-9-12-29(27)19(2,3)4)26-10-11-28-17(14-26)15-7-6-8-16(13-15)20(21,22)23/h6-8,13,17H,5,9-12,14H2,1-4H3,(H,24,25). The topological polar surface area (TPSA) is 53.9 Å². The van der Waals surface area contributed by atoms with Crippen molar-refractivity contribution in [1.82, 2.24) is 10.2 Å². The smallest absolute Gasteiger partial charge is 0.370 e. The number of aliphatic imine (C=N–C) groups is 1. The van der Waals surface area contributed by atoms with Crippen molar-refractivity contribution < 1.29 is 22.1 Å². The van der Waals surface area contributed by atoms with Crippen molar-refractivity contribution in [3.8, 4) is 0 Å². The number of nitrogens with one attached hydrogen (secondary N) is 1. The van der Waals surface area contributed by atoms with Gasteiger partial charge in [0.05, 0.1) is 25.3 Å². The van der Waals surface area contributed by atoms with E-state index in [1.165, 1.54) is 6.07 Å². The van der Waals surface area contributed by atoms with Crippen LogP contribution in [0.5, 0.6) is 0 Å². The van der Waals surface area contributed by atoms with Crippen LogP contribution in [0.1, 0.15) is 44.9 Å². The molecule has 1 N–H and O–H groups in total. The predicted octanol–water partition coefficient (Wildman–Crippen LogP) is 3.59. The summed E-state index contributed by atoms with van der Waals surface area (Å²) >= 11 is 0. The number of benzene rings is 1. The van der Waals surface area contributed by atoms with Gasteiger partial charge in [-0.1, -0.05) is 12.1 Å². The fourth-order valence-corrected chi connectivity index (χ4v) is 3.79. The van der Waals surface area contributed by atoms with Crippen LogP contribution in [-0.4, -0.2) is 58.4 Å². The maximum atomic E-state index is 13.0. The number of guanidine groups is 1. The van der Waals surface area contributed by atoms with Gasteiger partial charge in [0.2, 0.25) is 0 Å². The largest absolute Gasteiger partial charge is 0.416 e. The summed E-state index contributed by atoms with van der Waals surface area (Å²) in [4.78, 5) is 6.56. The molecule has 1 fully saturated rings. The Hall–Kier alpha value is -1.61. The number of ether oxygens (including phenoxy) is 1. The maximum Gasteiger partial charge on any atom is 0.416 e. The van der Waals surface area contributed by atoms with Gasteiger partial charge in [-0.3, -0.25) is 9.20 Å². The average Bonchev–Trinajstić information content (AvgIpc) is 2.66. The van der Waals surface area contributed by atoms with Crippen LogP contribution in [0.25, 0.3) is 0 Å². The molecule has 1 aliphatic rings. The Labute approximate surface area is 173 Å². The molecule has 2 unspecified atom stereocenters. The number of hydrogen-bond acceptors (Lipinski definition) is 3. The molecule has 2 atom stereocenters. The normalized spacial score (nSPS) is 19.9. The van der Waals surface area contributed by atoms with E-state index in [4.69, 9.17) is 4.74 Å². The Morgan fingerprint density at radius 1 is 1.34 bits per heavy atom. The van der Waals surface area contributed by atoms with Crippen molar-refractivity contribution in [2.24, 2.45) is 4.99 Å². The zero-order valence-corrected chi connectivity index (χ0v) is 18.2. The fourth-order valence-electron chi connectivity index (χ4n) is 2.93. The number of hydrogen-bond donors (Lipinski definition) is 1. The first-order valence-corrected chi connectivity index (χ1v) is 11.0. The van der Waals surface area contributed by atoms with Crippen molar-refractivity contribution in [1.29, 1.82) is 0 Å². The molecule has 0 radical (unpaired) electrons. The first-order chi connectivity index (χ1) is 13.5. The van der Waals surface area contributed by atoms with Gasteiger partial charge < -0.3 is 15.0 Å². The third-order valence-corrected chi connectivity index (χ3v) is 6.43. The lowest BCUT2D eigenvalue weighted by Gasteiger charge is -2.35. The van der Waals surface area contributed by atoms with Gasteiger partial charge in [0.25, 0.3) is 0 Å². The summed E-state index contributed by atoms with van der Waals surface area (Å²) in [5.74, 6) is 1.12. The minimum Gasteiger partial charge on any atom is -0.370 e. The van der Waals surface area contributed by atoms with Crippen molar-refractivity contribution >= 4 is 16.8 Å². The second-order valence-electron chi connectivity index (χ2n) is 7.83. The maximum absolute atomic E-state index is 13.0. The second-order valence-corrected chi connectivity index (χ2v) is 10.2. The van der Waals surface area contributed by atoms with Crippen molar-refractivity contribution in [3.63, 3.8) is 0 Å². The monoisotopic (exact) mass is 433 g/mol. The average molecular weight is 434 g/mol. The Morgan fingerprint density at radius 3 is 2.69 bits per heavy atom. The van der Waals surface area contributed by atoms with E-state index in [1.807, 2.05) is 32.6 Å². The molecule has 2 rings (SSSR count). The van der Waals surface area contributed by atoms with Crippen molar-refractivity contribution in [3.05, 3.63) is 35.4 Å². The molecular formula is C20H30F3N3O2S. The Kier molecular flexibility index (Phi) is 8.10. The molecule has 29 heavy (non-hydrogen) atoms. The van der Waals surface area contributed by atoms with E-state index in [9.17, 15) is 17.4 Å². The van der Waals surface area contributed by atoms with E-state index in [0.29, 0.717) is 50.1 Å². The third kappa shape index (κ3) is 6.99. The van der Waals surface area contributed by atoms with E-state index < -0.39 is 28.6 Å². The molecule has 0 saturated carbocycles. The lowest BCUT2D eigenvalue weighted by Crippen LogP contribution is -2.48. The highest BCUT2D eigenvalue weighted by atomic mass is 32.2. The molecule has 1 heterocycles. The highest BCUT2D eigenvalue weighted by molar-refractivity contribution is 7.86. The summed E-state index contributed by atoms with van der Waals surface area (Å²) < 4.78 is 56.7. The molecule has 164 valence electrons. The van der Waals surface area contributed by atoms with Crippen LogP contribution in [0.4, 0.5) is 13.2 Å². The molecule has 0 aromatic heterocycles. The van der Waals surface area contributed by atoms with Gasteiger partial charge in [0, 0.05) is 34.4 Å². The van der Waals surface area contributed by atoms with Gasteiger partial charge in [-0.2, -0.15) is 13.2 Å². The second kappa shape index (κ2) is 9.93. The Balaban J connectivity index is 2.10. The SMILES string of the molecule is CCNC(=NCCS(=O)C(C)(C)C)N1CCOC(c2cccc(C(F)(F)F)c2)C1. The van der Waals surface area contributed by atoms with Gasteiger partial charge >= 0.3 is 6.18 Å². The zero-order valence-electron chi connectivity index (χ0n) is 17.4. The van der Waals surface area contributed by atoms with Crippen LogP contribution in [0, 0.1) is 0 Å². The van der Waals surface area contributed by atoms with Crippen molar-refractivity contribution in [2.45, 2.75) is 44.7 Å². The minimum atomic E-state index is -4.39. The third-order valence-electron chi connectivity index (χ3n) is 4.51. The molecule has 9 heteroatoms. The van der Waals surface area contributed by atoms with Crippen LogP contribution in [0.15, 0.2) is 29.3 Å². The van der Waals surface area contributed by atoms with E-state index in [2.05, 4.69) is 10.3 Å². The van der Waals surface area contributed by atoms with Gasteiger partial charge in [0.15, 0.2) is 5.96 Å². The molecule has 0 spiro atoms. The van der Waals surface area contributed by atoms with Gasteiger partial charge in [-0.25, -0.2) is 0 Å². The van der Waals surface area contributed by atoms with Crippen LogP contribution >= 0.6 is 0 Å². The van der Waals surface area contributed by atoms with E-state index in [0.717, 1.165) is 12.1 Å². The lowest BCUT2D eigenvalue weighted by atomic mass is 10.0. The quantitative estimate of drug-likeness (QED) is 0.570. The van der Waals surface area contributed by atoms with Crippen LogP contribution in [-0.2, 0) is 21.7 Å². The zero-order chi connectivity index (χ0) is 21.7. The molecule has 0 aliphatic carbocycles. The highest BCUT2D eigenvalue weighted by Crippen LogP contribution is 2.32. The molecule has 1 aromatic rings. The predicted molar refractivity (Wildman–Crippen MR) is 110 cm³/mol. The summed E-state index contributed by atoms with van der Waals surface area (Å²) in [6, 6.07) is 5.26. The van der Waals surface area contributed by atoms with E-state index in [-0.39, 0.29) is 4.75 Å². The van der Waals surface area contributed by atoms with E-state index in [1.54, 1.807) is 6.07 Å². The number of rotatable bonds is 5. The summed E-state index contributed by atoms with van der Waals surface area (Å²) in [5, 5.41) is 3.21. The number of nitrogens with zero attached hydrogens (tertiary/aromatic N) is 2. The highest BCUT2D eigenvalue weighted by Gasteiger charge is 2.32. The number of halogens is 3. The molecule has 0 amide bonds. The first kappa shape index (κ1) is 23.7. The molecule has 1 saturated heterocycles. The van der Waals surface area contributed by atoms with Crippen LogP contribution in [0.2, 0.25) is 0 Å². The number of alkyl halides is 3. The summed E-state index contributed by atoms with van der Waals surface area (Å²) in [6.45, 7) is 10.2. The Morgan fingerprint density at radius 2 is 2.07 bits per heavy atom. The molecule has 5 nitrogen and oxygen atoms in total. The minimum absolute atomic E-state index is 0.290.